The van der Waals surface area contributed by atoms with E-state index in [0.29, 0.717) is 0 Å². The molecule has 0 spiro atoms. The van der Waals surface area contributed by atoms with Crippen LogP contribution in [0.1, 0.15) is 110 Å². The second-order valence-electron chi connectivity index (χ2n) is 7.00. The molecule has 0 fully saturated rings. The van der Waals surface area contributed by atoms with Gasteiger partial charge in [0.05, 0.1) is 0 Å². The Hall–Kier alpha value is 0.190. The van der Waals surface area contributed by atoms with E-state index >= 15 is 0 Å². The van der Waals surface area contributed by atoms with Crippen molar-refractivity contribution in [1.82, 2.24) is 0 Å². The number of unbranched alkanes of at least 4 members (excludes halogenated alkanes) is 15. The van der Waals surface area contributed by atoms with E-state index in [4.69, 9.17) is 0 Å². The molecule has 0 amide bonds. The first-order valence-electron chi connectivity index (χ1n) is 10.5. The molecule has 4 nitrogen and oxygen atoms in total. The van der Waals surface area contributed by atoms with Gasteiger partial charge in [0.2, 0.25) is 0 Å². The molecule has 0 atom stereocenters. The van der Waals surface area contributed by atoms with Crippen molar-refractivity contribution in [2.24, 2.45) is 0 Å². The minimum absolute atomic E-state index is 0. The third-order valence-corrected chi connectivity index (χ3v) is 4.82. The van der Waals surface area contributed by atoms with Crippen LogP contribution in [-0.4, -0.2) is 13.0 Å². The fourth-order valence-corrected chi connectivity index (χ4v) is 3.15. The van der Waals surface area contributed by atoms with Gasteiger partial charge in [0.25, 0.3) is 10.4 Å². The van der Waals surface area contributed by atoms with Crippen molar-refractivity contribution in [3.05, 3.63) is 24.5 Å². The van der Waals surface area contributed by atoms with Gasteiger partial charge in [-0.2, -0.15) is 0 Å². The first-order chi connectivity index (χ1) is 12.6. The fraction of sp³-hybridized carbons (Fsp3) is 0.810. The topological polar surface area (TPSA) is 66.4 Å². The summed E-state index contributed by atoms with van der Waals surface area (Å²) in [6, 6.07) is 0. The summed E-state index contributed by atoms with van der Waals surface area (Å²) in [6.07, 6.45) is 27.3. The molecule has 0 N–H and O–H groups in total. The molecule has 0 bridgehead atoms. The predicted octanol–water partition coefficient (Wildman–Crippen LogP) is 3.80. The van der Waals surface area contributed by atoms with Gasteiger partial charge in [0.1, 0.15) is 6.26 Å². The van der Waals surface area contributed by atoms with Gasteiger partial charge >= 0.3 is 29.6 Å². The Kier molecular flexibility index (Phi) is 24.5. The second kappa shape index (κ2) is 22.5. The van der Waals surface area contributed by atoms with Gasteiger partial charge in [-0.3, -0.25) is 0 Å². The molecule has 0 aromatic rings. The summed E-state index contributed by atoms with van der Waals surface area (Å²) in [5.74, 6) is 0. The van der Waals surface area contributed by atoms with Crippen LogP contribution in [0.5, 0.6) is 0 Å². The van der Waals surface area contributed by atoms with Crippen LogP contribution in [-0.2, 0) is 14.6 Å². The Labute approximate surface area is 190 Å². The normalized spacial score (nSPS) is 11.9. The average molecular weight is 411 g/mol. The van der Waals surface area contributed by atoms with Crippen molar-refractivity contribution in [3.63, 3.8) is 0 Å². The van der Waals surface area contributed by atoms with E-state index in [0.717, 1.165) is 19.1 Å². The summed E-state index contributed by atoms with van der Waals surface area (Å²) in [6.45, 7) is 2.27. The molecular weight excluding hydrogens is 371 g/mol. The molecule has 0 aliphatic carbocycles. The number of allylic oxidation sites excluding steroid dienone is 3. The van der Waals surface area contributed by atoms with Crippen LogP contribution in [0.25, 0.3) is 0 Å². The van der Waals surface area contributed by atoms with Crippen molar-refractivity contribution in [2.75, 3.05) is 0 Å². The van der Waals surface area contributed by atoms with E-state index in [-0.39, 0.29) is 29.6 Å². The Morgan fingerprint density at radius 1 is 0.704 bits per heavy atom. The number of rotatable bonds is 19. The summed E-state index contributed by atoms with van der Waals surface area (Å²) in [7, 11) is -4.62. The summed E-state index contributed by atoms with van der Waals surface area (Å²) in [5, 5.41) is 0. The van der Waals surface area contributed by atoms with Crippen LogP contribution < -0.4 is 29.6 Å². The minimum Gasteiger partial charge on any atom is -0.716 e. The largest absolute Gasteiger partial charge is 1.00 e. The van der Waals surface area contributed by atoms with E-state index < -0.39 is 10.4 Å². The van der Waals surface area contributed by atoms with Crippen molar-refractivity contribution in [3.8, 4) is 0 Å². The summed E-state index contributed by atoms with van der Waals surface area (Å²) in [4.78, 5) is 0. The molecule has 0 aliphatic rings. The van der Waals surface area contributed by atoms with Crippen LogP contribution in [0, 0.1) is 0 Å². The zero-order valence-electron chi connectivity index (χ0n) is 17.7. The molecule has 0 saturated carbocycles. The first-order valence-corrected chi connectivity index (χ1v) is 11.9. The van der Waals surface area contributed by atoms with E-state index in [2.05, 4.69) is 11.1 Å². The number of hydrogen-bond acceptors (Lipinski definition) is 4. The van der Waals surface area contributed by atoms with Gasteiger partial charge in [-0.1, -0.05) is 109 Å². The van der Waals surface area contributed by atoms with Crippen molar-refractivity contribution in [2.45, 2.75) is 110 Å². The summed E-state index contributed by atoms with van der Waals surface area (Å²) in [5.41, 5.74) is 0. The monoisotopic (exact) mass is 410 g/mol. The molecule has 0 aliphatic heterocycles. The maximum Gasteiger partial charge on any atom is 1.00 e. The van der Waals surface area contributed by atoms with E-state index in [1.165, 1.54) is 96.0 Å². The van der Waals surface area contributed by atoms with Gasteiger partial charge in [-0.25, -0.2) is 8.42 Å². The van der Waals surface area contributed by atoms with Crippen molar-refractivity contribution < 1.29 is 46.7 Å². The first kappa shape index (κ1) is 29.4. The number of hydrogen-bond donors (Lipinski definition) is 0. The predicted molar refractivity (Wildman–Crippen MR) is 109 cm³/mol. The standard InChI is InChI=1S/C21H40O4S.Na/c1-2-3-4-5-6-7-8-9-10-11-12-13-14-15-16-17-18-19-20-21-25-26(22,23)24;/h18-21H,2-17H2,1H3,(H,22,23,24);/q;+1/p-1. The van der Waals surface area contributed by atoms with E-state index in [1.54, 1.807) is 6.08 Å². The Bertz CT molecular complexity index is 447. The third kappa shape index (κ3) is 28.5. The molecule has 6 heteroatoms. The van der Waals surface area contributed by atoms with Crippen LogP contribution in [0.4, 0.5) is 0 Å². The Morgan fingerprint density at radius 3 is 1.52 bits per heavy atom. The zero-order chi connectivity index (χ0) is 19.3. The molecule has 0 rings (SSSR count). The maximum absolute atomic E-state index is 10.2. The quantitative estimate of drug-likeness (QED) is 0.0811. The van der Waals surface area contributed by atoms with Crippen molar-refractivity contribution >= 4 is 10.4 Å². The summed E-state index contributed by atoms with van der Waals surface area (Å²) < 4.78 is 34.5. The van der Waals surface area contributed by atoms with Crippen LogP contribution >= 0.6 is 0 Å². The van der Waals surface area contributed by atoms with Gasteiger partial charge < -0.3 is 8.74 Å². The Balaban J connectivity index is 0. The van der Waals surface area contributed by atoms with Crippen molar-refractivity contribution in [1.29, 1.82) is 0 Å². The molecule has 27 heavy (non-hydrogen) atoms. The molecule has 0 saturated heterocycles. The Morgan fingerprint density at radius 2 is 1.11 bits per heavy atom. The third-order valence-electron chi connectivity index (χ3n) is 4.47. The SMILES string of the molecule is CCCCCCCCCCCCCCCCCC=CC=COS(=O)(=O)[O-].[Na+]. The molecule has 0 unspecified atom stereocenters. The van der Waals surface area contributed by atoms with E-state index in [9.17, 15) is 13.0 Å². The fourth-order valence-electron chi connectivity index (χ4n) is 2.95. The zero-order valence-corrected chi connectivity index (χ0v) is 20.5. The molecule has 0 radical (unpaired) electrons. The summed E-state index contributed by atoms with van der Waals surface area (Å²) >= 11 is 0. The molecule has 0 heterocycles. The molecule has 154 valence electrons. The molecular formula is C21H39NaO4S. The molecule has 0 aromatic carbocycles. The van der Waals surface area contributed by atoms with Gasteiger partial charge in [-0.05, 0) is 18.9 Å². The van der Waals surface area contributed by atoms with Gasteiger partial charge in [0.15, 0.2) is 0 Å². The van der Waals surface area contributed by atoms with Gasteiger partial charge in [-0.15, -0.1) is 0 Å². The van der Waals surface area contributed by atoms with Crippen LogP contribution in [0.3, 0.4) is 0 Å². The minimum atomic E-state index is -4.62. The average Bonchev–Trinajstić information content (AvgIpc) is 2.59. The van der Waals surface area contributed by atoms with Gasteiger partial charge in [0, 0.05) is 0 Å². The second-order valence-corrected chi connectivity index (χ2v) is 8.01. The van der Waals surface area contributed by atoms with Crippen LogP contribution in [0.15, 0.2) is 24.5 Å². The van der Waals surface area contributed by atoms with E-state index in [1.807, 2.05) is 6.08 Å². The smallest absolute Gasteiger partial charge is 0.716 e. The molecule has 0 aromatic heterocycles. The van der Waals surface area contributed by atoms with Crippen LogP contribution in [0.2, 0.25) is 0 Å². The maximum atomic E-state index is 10.2.